The highest BCUT2D eigenvalue weighted by molar-refractivity contribution is 5.81. The van der Waals surface area contributed by atoms with Crippen LogP contribution in [0.1, 0.15) is 22.3 Å². The van der Waals surface area contributed by atoms with E-state index in [0.717, 1.165) is 33.4 Å². The molecule has 0 atom stereocenters. The van der Waals surface area contributed by atoms with E-state index in [0.29, 0.717) is 0 Å². The highest BCUT2D eigenvalue weighted by Crippen LogP contribution is 2.25. The lowest BCUT2D eigenvalue weighted by atomic mass is 9.95. The SMILES string of the molecule is [CH]=C(c1ccccc1)c1ccc(C(=C)c2ccccc2)cc1. The zero-order chi connectivity index (χ0) is 15.4. The van der Waals surface area contributed by atoms with E-state index in [1.54, 1.807) is 0 Å². The lowest BCUT2D eigenvalue weighted by Crippen LogP contribution is -1.89. The summed E-state index contributed by atoms with van der Waals surface area (Å²) in [4.78, 5) is 0. The van der Waals surface area contributed by atoms with Crippen molar-refractivity contribution < 1.29 is 0 Å². The van der Waals surface area contributed by atoms with Gasteiger partial charge in [0.1, 0.15) is 0 Å². The third-order valence-electron chi connectivity index (χ3n) is 3.75. The molecule has 0 aromatic heterocycles. The Morgan fingerprint density at radius 3 is 1.45 bits per heavy atom. The van der Waals surface area contributed by atoms with E-state index in [2.05, 4.69) is 30.8 Å². The molecule has 0 N–H and O–H groups in total. The van der Waals surface area contributed by atoms with Gasteiger partial charge in [-0.15, -0.1) is 0 Å². The predicted octanol–water partition coefficient (Wildman–Crippen LogP) is 5.61. The quantitative estimate of drug-likeness (QED) is 0.583. The van der Waals surface area contributed by atoms with Crippen molar-refractivity contribution in [2.45, 2.75) is 0 Å². The van der Waals surface area contributed by atoms with Crippen molar-refractivity contribution in [3.8, 4) is 0 Å². The summed E-state index contributed by atoms with van der Waals surface area (Å²) in [6.45, 7) is 10.4. The molecule has 0 aliphatic rings. The van der Waals surface area contributed by atoms with Crippen LogP contribution in [0.15, 0.2) is 91.5 Å². The summed E-state index contributed by atoms with van der Waals surface area (Å²) < 4.78 is 0. The van der Waals surface area contributed by atoms with Crippen LogP contribution in [0.5, 0.6) is 0 Å². The Morgan fingerprint density at radius 1 is 0.545 bits per heavy atom. The number of hydrogen-bond donors (Lipinski definition) is 0. The van der Waals surface area contributed by atoms with Gasteiger partial charge < -0.3 is 0 Å². The van der Waals surface area contributed by atoms with Crippen molar-refractivity contribution in [1.29, 1.82) is 0 Å². The maximum Gasteiger partial charge on any atom is -0.0111 e. The maximum atomic E-state index is 6.25. The molecule has 22 heavy (non-hydrogen) atoms. The van der Waals surface area contributed by atoms with Gasteiger partial charge in [0.2, 0.25) is 0 Å². The van der Waals surface area contributed by atoms with Gasteiger partial charge in [-0.2, -0.15) is 0 Å². The van der Waals surface area contributed by atoms with Gasteiger partial charge in [0.15, 0.2) is 0 Å². The highest BCUT2D eigenvalue weighted by Gasteiger charge is 2.05. The van der Waals surface area contributed by atoms with Crippen molar-refractivity contribution in [3.63, 3.8) is 0 Å². The second kappa shape index (κ2) is 6.28. The standard InChI is InChI=1S/C22H17/c1-17(19-9-5-3-6-10-19)21-13-15-22(16-14-21)18(2)20-11-7-4-8-12-20/h1,3-16H,2H2. The van der Waals surface area contributed by atoms with Crippen molar-refractivity contribution in [2.75, 3.05) is 0 Å². The molecular weight excluding hydrogens is 264 g/mol. The molecule has 0 amide bonds. The van der Waals surface area contributed by atoms with E-state index in [1.807, 2.05) is 60.7 Å². The fraction of sp³-hybridized carbons (Fsp3) is 0. The van der Waals surface area contributed by atoms with Gasteiger partial charge in [0, 0.05) is 0 Å². The molecule has 3 aromatic carbocycles. The molecule has 0 nitrogen and oxygen atoms in total. The minimum atomic E-state index is 0.789. The molecule has 0 heterocycles. The molecule has 0 aliphatic heterocycles. The third-order valence-corrected chi connectivity index (χ3v) is 3.75. The van der Waals surface area contributed by atoms with E-state index in [-0.39, 0.29) is 0 Å². The second-order valence-corrected chi connectivity index (χ2v) is 5.20. The summed E-state index contributed by atoms with van der Waals surface area (Å²) in [5.74, 6) is 0. The van der Waals surface area contributed by atoms with Crippen LogP contribution in [-0.4, -0.2) is 0 Å². The lowest BCUT2D eigenvalue weighted by molar-refractivity contribution is 1.51. The molecule has 1 radical (unpaired) electrons. The van der Waals surface area contributed by atoms with E-state index in [4.69, 9.17) is 6.58 Å². The molecule has 0 saturated heterocycles. The number of hydrogen-bond acceptors (Lipinski definition) is 0. The first kappa shape index (κ1) is 14.1. The predicted molar refractivity (Wildman–Crippen MR) is 94.3 cm³/mol. The number of rotatable bonds is 4. The summed E-state index contributed by atoms with van der Waals surface area (Å²) in [6, 6.07) is 28.4. The van der Waals surface area contributed by atoms with Crippen LogP contribution in [0.25, 0.3) is 11.1 Å². The van der Waals surface area contributed by atoms with Crippen LogP contribution >= 0.6 is 0 Å². The molecule has 105 valence electrons. The Morgan fingerprint density at radius 2 is 0.909 bits per heavy atom. The van der Waals surface area contributed by atoms with Gasteiger partial charge in [-0.05, 0) is 33.4 Å². The number of benzene rings is 3. The topological polar surface area (TPSA) is 0 Å². The zero-order valence-electron chi connectivity index (χ0n) is 12.4. The minimum Gasteiger partial charge on any atom is -0.0906 e. The Labute approximate surface area is 132 Å². The van der Waals surface area contributed by atoms with Gasteiger partial charge in [0.05, 0.1) is 0 Å². The van der Waals surface area contributed by atoms with Gasteiger partial charge in [-0.1, -0.05) is 98.1 Å². The van der Waals surface area contributed by atoms with Gasteiger partial charge in [0.25, 0.3) is 0 Å². The van der Waals surface area contributed by atoms with Crippen LogP contribution in [0.3, 0.4) is 0 Å². The van der Waals surface area contributed by atoms with Crippen LogP contribution in [-0.2, 0) is 0 Å². The highest BCUT2D eigenvalue weighted by atomic mass is 14.1. The summed E-state index contributed by atoms with van der Waals surface area (Å²) >= 11 is 0. The summed E-state index contributed by atoms with van der Waals surface area (Å²) in [7, 11) is 0. The van der Waals surface area contributed by atoms with Crippen molar-refractivity contribution in [3.05, 3.63) is 120 Å². The van der Waals surface area contributed by atoms with E-state index < -0.39 is 0 Å². The first-order valence-corrected chi connectivity index (χ1v) is 7.28. The van der Waals surface area contributed by atoms with Crippen LogP contribution in [0.4, 0.5) is 0 Å². The Kier molecular flexibility index (Phi) is 4.02. The molecule has 0 fully saturated rings. The summed E-state index contributed by atoms with van der Waals surface area (Å²) in [6.07, 6.45) is 0. The molecular formula is C22H17. The van der Waals surface area contributed by atoms with Crippen LogP contribution in [0, 0.1) is 6.58 Å². The molecule has 0 bridgehead atoms. The Bertz CT molecular complexity index is 708. The van der Waals surface area contributed by atoms with E-state index in [1.165, 1.54) is 0 Å². The summed E-state index contributed by atoms with van der Waals surface area (Å²) in [5.41, 5.74) is 6.11. The Balaban J connectivity index is 1.84. The fourth-order valence-electron chi connectivity index (χ4n) is 2.44. The van der Waals surface area contributed by atoms with Gasteiger partial charge in [-0.3, -0.25) is 0 Å². The maximum absolute atomic E-state index is 6.25. The molecule has 0 heteroatoms. The van der Waals surface area contributed by atoms with Crippen LogP contribution in [0.2, 0.25) is 0 Å². The van der Waals surface area contributed by atoms with E-state index in [9.17, 15) is 0 Å². The minimum absolute atomic E-state index is 0.789. The van der Waals surface area contributed by atoms with Crippen molar-refractivity contribution in [1.82, 2.24) is 0 Å². The largest absolute Gasteiger partial charge is 0.0906 e. The average molecular weight is 281 g/mol. The van der Waals surface area contributed by atoms with Crippen molar-refractivity contribution in [2.24, 2.45) is 0 Å². The lowest BCUT2D eigenvalue weighted by Gasteiger charge is -2.09. The first-order chi connectivity index (χ1) is 10.8. The van der Waals surface area contributed by atoms with Crippen molar-refractivity contribution >= 4 is 11.1 Å². The smallest absolute Gasteiger partial charge is 0.0111 e. The third kappa shape index (κ3) is 2.91. The molecule has 3 aromatic rings. The molecule has 0 aliphatic carbocycles. The fourth-order valence-corrected chi connectivity index (χ4v) is 2.44. The molecule has 0 unspecified atom stereocenters. The average Bonchev–Trinajstić information content (AvgIpc) is 2.62. The van der Waals surface area contributed by atoms with Gasteiger partial charge >= 0.3 is 0 Å². The molecule has 0 spiro atoms. The Hall–Kier alpha value is -2.86. The first-order valence-electron chi connectivity index (χ1n) is 7.28. The molecule has 0 saturated carbocycles. The second-order valence-electron chi connectivity index (χ2n) is 5.20. The zero-order valence-corrected chi connectivity index (χ0v) is 12.4. The molecule has 3 rings (SSSR count). The van der Waals surface area contributed by atoms with Crippen LogP contribution < -0.4 is 0 Å². The normalized spacial score (nSPS) is 10.2. The van der Waals surface area contributed by atoms with E-state index >= 15 is 0 Å². The summed E-state index contributed by atoms with van der Waals surface area (Å²) in [5, 5.41) is 0. The van der Waals surface area contributed by atoms with Gasteiger partial charge in [-0.25, -0.2) is 0 Å². The monoisotopic (exact) mass is 281 g/mol.